The van der Waals surface area contributed by atoms with Gasteiger partial charge in [0, 0.05) is 0 Å². The molecule has 0 saturated carbocycles. The zero-order valence-corrected chi connectivity index (χ0v) is 11.7. The third-order valence-electron chi connectivity index (χ3n) is 3.11. The van der Waals surface area contributed by atoms with E-state index in [2.05, 4.69) is 15.0 Å². The molecule has 3 rings (SSSR count). The minimum Gasteiger partial charge on any atom is -0.394 e. The molecule has 1 saturated heterocycles. The van der Waals surface area contributed by atoms with E-state index in [1.807, 2.05) is 22.6 Å². The molecule has 8 nitrogen and oxygen atoms in total. The van der Waals surface area contributed by atoms with Crippen molar-refractivity contribution in [2.75, 3.05) is 6.61 Å². The van der Waals surface area contributed by atoms with Gasteiger partial charge in [-0.3, -0.25) is 4.57 Å². The predicted octanol–water partition coefficient (Wildman–Crippen LogP) is -0.958. The fourth-order valence-electron chi connectivity index (χ4n) is 2.12. The lowest BCUT2D eigenvalue weighted by atomic mass is 10.1. The molecule has 1 aliphatic heterocycles. The van der Waals surface area contributed by atoms with E-state index in [1.165, 1.54) is 17.2 Å². The van der Waals surface area contributed by atoms with Crippen LogP contribution in [0.25, 0.3) is 11.2 Å². The standard InChI is InChI=1S/C10H11IN4O4/c11-8-5-9(13-2-12-8)15(3-14-5)10-7(18)6(17)4(1-16)19-10/h2-4,6-7,10,16-18H,1H2/t4-,6+,7+,10-/m0/s1. The van der Waals surface area contributed by atoms with Crippen molar-refractivity contribution < 1.29 is 20.1 Å². The molecule has 1 fully saturated rings. The third kappa shape index (κ3) is 2.01. The molecule has 0 radical (unpaired) electrons. The minimum absolute atomic E-state index is 0.367. The van der Waals surface area contributed by atoms with Crippen LogP contribution in [0.3, 0.4) is 0 Å². The molecule has 0 spiro atoms. The van der Waals surface area contributed by atoms with E-state index in [1.54, 1.807) is 0 Å². The van der Waals surface area contributed by atoms with Gasteiger partial charge in [-0.15, -0.1) is 0 Å². The molecule has 0 aliphatic carbocycles. The first-order valence-electron chi connectivity index (χ1n) is 5.59. The number of nitrogens with zero attached hydrogens (tertiary/aromatic N) is 4. The highest BCUT2D eigenvalue weighted by Crippen LogP contribution is 2.31. The molecule has 1 aliphatic rings. The van der Waals surface area contributed by atoms with Crippen molar-refractivity contribution in [2.45, 2.75) is 24.5 Å². The number of ether oxygens (including phenoxy) is 1. The molecule has 2 aromatic heterocycles. The zero-order valence-electron chi connectivity index (χ0n) is 9.59. The Kier molecular flexibility index (Phi) is 3.39. The molecule has 3 N–H and O–H groups in total. The highest BCUT2D eigenvalue weighted by Gasteiger charge is 2.43. The highest BCUT2D eigenvalue weighted by atomic mass is 127. The van der Waals surface area contributed by atoms with Crippen LogP contribution in [0.4, 0.5) is 0 Å². The molecule has 0 bridgehead atoms. The van der Waals surface area contributed by atoms with Gasteiger partial charge in [-0.25, -0.2) is 15.0 Å². The molecular weight excluding hydrogens is 367 g/mol. The predicted molar refractivity (Wildman–Crippen MR) is 71.0 cm³/mol. The number of hydrogen-bond acceptors (Lipinski definition) is 7. The fourth-order valence-corrected chi connectivity index (χ4v) is 2.62. The number of hydrogen-bond donors (Lipinski definition) is 3. The Balaban J connectivity index is 2.04. The van der Waals surface area contributed by atoms with Gasteiger partial charge >= 0.3 is 0 Å². The molecule has 4 atom stereocenters. The van der Waals surface area contributed by atoms with E-state index in [0.29, 0.717) is 14.9 Å². The van der Waals surface area contributed by atoms with Crippen molar-refractivity contribution in [2.24, 2.45) is 0 Å². The van der Waals surface area contributed by atoms with Crippen molar-refractivity contribution in [3.05, 3.63) is 16.4 Å². The summed E-state index contributed by atoms with van der Waals surface area (Å²) in [7, 11) is 0. The van der Waals surface area contributed by atoms with Crippen LogP contribution in [-0.2, 0) is 4.74 Å². The van der Waals surface area contributed by atoms with Crippen LogP contribution in [-0.4, -0.2) is 59.8 Å². The van der Waals surface area contributed by atoms with E-state index >= 15 is 0 Å². The van der Waals surface area contributed by atoms with Crippen LogP contribution in [0.5, 0.6) is 0 Å². The van der Waals surface area contributed by atoms with Gasteiger partial charge in [0.05, 0.1) is 12.9 Å². The van der Waals surface area contributed by atoms with Gasteiger partial charge in [0.2, 0.25) is 0 Å². The normalized spacial score (nSPS) is 31.2. The Morgan fingerprint density at radius 3 is 2.74 bits per heavy atom. The Morgan fingerprint density at radius 1 is 1.26 bits per heavy atom. The Hall–Kier alpha value is -0.880. The Morgan fingerprint density at radius 2 is 2.05 bits per heavy atom. The lowest BCUT2D eigenvalue weighted by Gasteiger charge is -2.16. The average Bonchev–Trinajstić information content (AvgIpc) is 2.94. The van der Waals surface area contributed by atoms with Gasteiger partial charge in [0.15, 0.2) is 11.9 Å². The first-order chi connectivity index (χ1) is 9.13. The Bertz CT molecular complexity index is 606. The first kappa shape index (κ1) is 13.1. The summed E-state index contributed by atoms with van der Waals surface area (Å²) in [5.41, 5.74) is 1.11. The summed E-state index contributed by atoms with van der Waals surface area (Å²) in [6.45, 7) is -0.367. The SMILES string of the molecule is OC[C@@H]1O[C@H](n2cnc3c(I)ncnc32)[C@H](O)[C@@H]1O. The second-order valence-electron chi connectivity index (χ2n) is 4.22. The second-order valence-corrected chi connectivity index (χ2v) is 5.24. The minimum atomic E-state index is -1.15. The van der Waals surface area contributed by atoms with Crippen LogP contribution in [0, 0.1) is 3.70 Å². The summed E-state index contributed by atoms with van der Waals surface area (Å²) in [6, 6.07) is 0. The molecule has 0 aromatic carbocycles. The maximum absolute atomic E-state index is 9.98. The molecule has 9 heteroatoms. The number of fused-ring (bicyclic) bond motifs is 1. The zero-order chi connectivity index (χ0) is 13.6. The van der Waals surface area contributed by atoms with Gasteiger partial charge in [0.25, 0.3) is 0 Å². The number of aromatic nitrogens is 4. The van der Waals surface area contributed by atoms with E-state index in [0.717, 1.165) is 0 Å². The maximum Gasteiger partial charge on any atom is 0.166 e. The number of aliphatic hydroxyl groups is 3. The highest BCUT2D eigenvalue weighted by molar-refractivity contribution is 14.1. The van der Waals surface area contributed by atoms with Gasteiger partial charge in [-0.2, -0.15) is 0 Å². The van der Waals surface area contributed by atoms with Gasteiger partial charge in [0.1, 0.15) is 33.9 Å². The molecule has 19 heavy (non-hydrogen) atoms. The molecule has 2 aromatic rings. The summed E-state index contributed by atoms with van der Waals surface area (Å²) in [6.07, 6.45) is -1.08. The lowest BCUT2D eigenvalue weighted by Crippen LogP contribution is -2.33. The summed E-state index contributed by atoms with van der Waals surface area (Å²) in [5, 5.41) is 28.8. The van der Waals surface area contributed by atoms with Crippen molar-refractivity contribution in [1.29, 1.82) is 0 Å². The molecule has 0 unspecified atom stereocenters. The van der Waals surface area contributed by atoms with Crippen LogP contribution in [0.15, 0.2) is 12.7 Å². The second kappa shape index (κ2) is 4.90. The van der Waals surface area contributed by atoms with E-state index in [-0.39, 0.29) is 6.61 Å². The van der Waals surface area contributed by atoms with Crippen LogP contribution in [0.2, 0.25) is 0 Å². The molecule has 102 valence electrons. The summed E-state index contributed by atoms with van der Waals surface area (Å²) in [4.78, 5) is 12.3. The van der Waals surface area contributed by atoms with Crippen LogP contribution < -0.4 is 0 Å². The topological polar surface area (TPSA) is 114 Å². The van der Waals surface area contributed by atoms with Gasteiger partial charge in [-0.05, 0) is 22.6 Å². The van der Waals surface area contributed by atoms with E-state index in [9.17, 15) is 10.2 Å². The van der Waals surface area contributed by atoms with Crippen molar-refractivity contribution in [3.63, 3.8) is 0 Å². The smallest absolute Gasteiger partial charge is 0.166 e. The number of aliphatic hydroxyl groups excluding tert-OH is 3. The molecule has 3 heterocycles. The summed E-state index contributed by atoms with van der Waals surface area (Å²) < 4.78 is 7.66. The van der Waals surface area contributed by atoms with Crippen LogP contribution >= 0.6 is 22.6 Å². The largest absolute Gasteiger partial charge is 0.394 e. The maximum atomic E-state index is 9.98. The van der Waals surface area contributed by atoms with E-state index < -0.39 is 24.5 Å². The van der Waals surface area contributed by atoms with Gasteiger partial charge < -0.3 is 20.1 Å². The van der Waals surface area contributed by atoms with Crippen molar-refractivity contribution in [3.8, 4) is 0 Å². The monoisotopic (exact) mass is 378 g/mol. The summed E-state index contributed by atoms with van der Waals surface area (Å²) >= 11 is 2.04. The lowest BCUT2D eigenvalue weighted by molar-refractivity contribution is -0.0511. The first-order valence-corrected chi connectivity index (χ1v) is 6.67. The molecule has 0 amide bonds. The number of halogens is 1. The molecular formula is C10H11IN4O4. The van der Waals surface area contributed by atoms with Crippen molar-refractivity contribution >= 4 is 33.8 Å². The number of rotatable bonds is 2. The third-order valence-corrected chi connectivity index (χ3v) is 3.89. The van der Waals surface area contributed by atoms with Crippen molar-refractivity contribution in [1.82, 2.24) is 19.5 Å². The average molecular weight is 378 g/mol. The van der Waals surface area contributed by atoms with Crippen LogP contribution in [0.1, 0.15) is 6.23 Å². The quantitative estimate of drug-likeness (QED) is 0.456. The van der Waals surface area contributed by atoms with E-state index in [4.69, 9.17) is 9.84 Å². The fraction of sp³-hybridized carbons (Fsp3) is 0.500. The number of imidazole rings is 1. The Labute approximate surface area is 121 Å². The van der Waals surface area contributed by atoms with Gasteiger partial charge in [-0.1, -0.05) is 0 Å². The summed E-state index contributed by atoms with van der Waals surface area (Å²) in [5.74, 6) is 0.